The van der Waals surface area contributed by atoms with Gasteiger partial charge in [0.25, 0.3) is 5.91 Å². The van der Waals surface area contributed by atoms with Crippen LogP contribution in [0.2, 0.25) is 10.0 Å². The zero-order valence-electron chi connectivity index (χ0n) is 10.1. The van der Waals surface area contributed by atoms with Crippen LogP contribution in [0.1, 0.15) is 17.3 Å². The van der Waals surface area contributed by atoms with E-state index in [1.807, 2.05) is 0 Å². The zero-order valence-corrected chi connectivity index (χ0v) is 11.6. The molecule has 98 valence electrons. The van der Waals surface area contributed by atoms with E-state index in [1.165, 1.54) is 30.2 Å². The van der Waals surface area contributed by atoms with Gasteiger partial charge < -0.3 is 9.64 Å². The molecule has 0 saturated heterocycles. The van der Waals surface area contributed by atoms with Gasteiger partial charge in [0.05, 0.1) is 7.11 Å². The number of rotatable bonds is 4. The number of hydrogen-bond donors (Lipinski definition) is 0. The summed E-state index contributed by atoms with van der Waals surface area (Å²) >= 11 is 11.7. The third kappa shape index (κ3) is 3.89. The van der Waals surface area contributed by atoms with Crippen molar-refractivity contribution in [2.75, 3.05) is 20.2 Å². The van der Waals surface area contributed by atoms with Crippen molar-refractivity contribution in [3.05, 3.63) is 33.8 Å². The Morgan fingerprint density at radius 2 is 1.78 bits per heavy atom. The van der Waals surface area contributed by atoms with Crippen LogP contribution in [-0.2, 0) is 9.53 Å². The number of likely N-dealkylation sites (N-methyl/N-ethyl adjacent to an activating group) is 1. The van der Waals surface area contributed by atoms with Crippen LogP contribution in [0.15, 0.2) is 18.2 Å². The summed E-state index contributed by atoms with van der Waals surface area (Å²) in [5, 5.41) is 0.750. The Hall–Kier alpha value is -1.26. The topological polar surface area (TPSA) is 46.6 Å². The standard InChI is InChI=1S/C12H13Cl2NO3/c1-3-15(7-11(16)18-2)12(17)8-4-9(13)6-10(14)5-8/h4-6H,3,7H2,1-2H3. The van der Waals surface area contributed by atoms with Crippen LogP contribution in [0, 0.1) is 0 Å². The lowest BCUT2D eigenvalue weighted by molar-refractivity contribution is -0.141. The molecule has 6 heteroatoms. The van der Waals surface area contributed by atoms with Crippen molar-refractivity contribution < 1.29 is 14.3 Å². The Morgan fingerprint density at radius 1 is 1.22 bits per heavy atom. The van der Waals surface area contributed by atoms with Gasteiger partial charge in [0.15, 0.2) is 0 Å². The van der Waals surface area contributed by atoms with E-state index in [4.69, 9.17) is 23.2 Å². The van der Waals surface area contributed by atoms with Gasteiger partial charge in [-0.3, -0.25) is 9.59 Å². The number of esters is 1. The van der Waals surface area contributed by atoms with Gasteiger partial charge in [0.2, 0.25) is 0 Å². The number of amides is 1. The number of ether oxygens (including phenoxy) is 1. The van der Waals surface area contributed by atoms with Gasteiger partial charge in [-0.05, 0) is 25.1 Å². The van der Waals surface area contributed by atoms with Crippen molar-refractivity contribution in [3.8, 4) is 0 Å². The molecule has 4 nitrogen and oxygen atoms in total. The summed E-state index contributed by atoms with van der Waals surface area (Å²) in [6, 6.07) is 4.56. The summed E-state index contributed by atoms with van der Waals surface area (Å²) in [6.07, 6.45) is 0. The first kappa shape index (κ1) is 14.8. The predicted molar refractivity (Wildman–Crippen MR) is 70.1 cm³/mol. The van der Waals surface area contributed by atoms with Crippen molar-refractivity contribution in [3.63, 3.8) is 0 Å². The largest absolute Gasteiger partial charge is 0.468 e. The fraction of sp³-hybridized carbons (Fsp3) is 0.333. The van der Waals surface area contributed by atoms with E-state index >= 15 is 0 Å². The van der Waals surface area contributed by atoms with Crippen molar-refractivity contribution in [2.45, 2.75) is 6.92 Å². The number of halogens is 2. The Bertz CT molecular complexity index is 442. The highest BCUT2D eigenvalue weighted by atomic mass is 35.5. The first-order valence-electron chi connectivity index (χ1n) is 5.30. The molecule has 0 saturated carbocycles. The Balaban J connectivity index is 2.92. The number of nitrogens with zero attached hydrogens (tertiary/aromatic N) is 1. The number of carbonyl (C=O) groups is 2. The fourth-order valence-corrected chi connectivity index (χ4v) is 1.93. The van der Waals surface area contributed by atoms with E-state index in [9.17, 15) is 9.59 Å². The lowest BCUT2D eigenvalue weighted by atomic mass is 10.2. The normalized spacial score (nSPS) is 10.0. The van der Waals surface area contributed by atoms with Gasteiger partial charge in [-0.2, -0.15) is 0 Å². The average molecular weight is 290 g/mol. The molecule has 0 aliphatic heterocycles. The third-order valence-electron chi connectivity index (χ3n) is 2.33. The third-order valence-corrected chi connectivity index (χ3v) is 2.76. The van der Waals surface area contributed by atoms with E-state index in [2.05, 4.69) is 4.74 Å². The van der Waals surface area contributed by atoms with Crippen LogP contribution in [0.5, 0.6) is 0 Å². The minimum atomic E-state index is -0.474. The van der Waals surface area contributed by atoms with E-state index < -0.39 is 5.97 Å². The van der Waals surface area contributed by atoms with Crippen LogP contribution < -0.4 is 0 Å². The van der Waals surface area contributed by atoms with Gasteiger partial charge in [0, 0.05) is 22.2 Å². The molecule has 0 N–H and O–H groups in total. The Labute approximate surface area is 115 Å². The maximum Gasteiger partial charge on any atom is 0.325 e. The zero-order chi connectivity index (χ0) is 13.7. The van der Waals surface area contributed by atoms with Crippen LogP contribution in [0.3, 0.4) is 0 Å². The highest BCUT2D eigenvalue weighted by Gasteiger charge is 2.18. The molecule has 0 aliphatic carbocycles. The fourth-order valence-electron chi connectivity index (χ4n) is 1.41. The highest BCUT2D eigenvalue weighted by Crippen LogP contribution is 2.20. The van der Waals surface area contributed by atoms with Crippen molar-refractivity contribution in [1.82, 2.24) is 4.90 Å². The summed E-state index contributed by atoms with van der Waals surface area (Å²) in [4.78, 5) is 24.7. The van der Waals surface area contributed by atoms with Crippen LogP contribution in [0.25, 0.3) is 0 Å². The molecule has 1 amide bonds. The van der Waals surface area contributed by atoms with Crippen LogP contribution in [0.4, 0.5) is 0 Å². The Morgan fingerprint density at radius 3 is 2.22 bits per heavy atom. The van der Waals surface area contributed by atoms with Gasteiger partial charge in [-0.25, -0.2) is 0 Å². The minimum absolute atomic E-state index is 0.101. The van der Waals surface area contributed by atoms with E-state index in [0.29, 0.717) is 22.2 Å². The van der Waals surface area contributed by atoms with E-state index in [0.717, 1.165) is 0 Å². The minimum Gasteiger partial charge on any atom is -0.468 e. The van der Waals surface area contributed by atoms with Crippen molar-refractivity contribution in [1.29, 1.82) is 0 Å². The molecule has 0 unspecified atom stereocenters. The molecule has 0 heterocycles. The molecule has 0 bridgehead atoms. The monoisotopic (exact) mass is 289 g/mol. The summed E-state index contributed by atoms with van der Waals surface area (Å²) in [6.45, 7) is 2.06. The highest BCUT2D eigenvalue weighted by molar-refractivity contribution is 6.35. The Kier molecular flexibility index (Phi) is 5.44. The number of methoxy groups -OCH3 is 1. The quantitative estimate of drug-likeness (QED) is 0.801. The number of carbonyl (C=O) groups excluding carboxylic acids is 2. The summed E-state index contributed by atoms with van der Waals surface area (Å²) in [7, 11) is 1.27. The molecule has 0 fully saturated rings. The molecule has 1 rings (SSSR count). The summed E-state index contributed by atoms with van der Waals surface area (Å²) in [5.41, 5.74) is 0.346. The van der Waals surface area contributed by atoms with Crippen molar-refractivity contribution in [2.24, 2.45) is 0 Å². The number of benzene rings is 1. The molecule has 1 aromatic rings. The lowest BCUT2D eigenvalue weighted by Crippen LogP contribution is -2.36. The molecule has 0 spiro atoms. The molecule has 0 aromatic heterocycles. The van der Waals surface area contributed by atoms with Gasteiger partial charge >= 0.3 is 5.97 Å². The van der Waals surface area contributed by atoms with Crippen LogP contribution >= 0.6 is 23.2 Å². The molecule has 18 heavy (non-hydrogen) atoms. The maximum atomic E-state index is 12.1. The van der Waals surface area contributed by atoms with E-state index in [-0.39, 0.29) is 12.5 Å². The molecule has 0 aliphatic rings. The molecule has 0 radical (unpaired) electrons. The second kappa shape index (κ2) is 6.61. The average Bonchev–Trinajstić information content (AvgIpc) is 2.33. The molecule has 1 aromatic carbocycles. The van der Waals surface area contributed by atoms with Gasteiger partial charge in [0.1, 0.15) is 6.54 Å². The second-order valence-electron chi connectivity index (χ2n) is 3.55. The molecule has 0 atom stereocenters. The maximum absolute atomic E-state index is 12.1. The summed E-state index contributed by atoms with van der Waals surface area (Å²) in [5.74, 6) is -0.786. The lowest BCUT2D eigenvalue weighted by Gasteiger charge is -2.19. The van der Waals surface area contributed by atoms with Crippen LogP contribution in [-0.4, -0.2) is 37.0 Å². The first-order valence-corrected chi connectivity index (χ1v) is 6.05. The SMILES string of the molecule is CCN(CC(=O)OC)C(=O)c1cc(Cl)cc(Cl)c1. The van der Waals surface area contributed by atoms with Crippen molar-refractivity contribution >= 4 is 35.1 Å². The second-order valence-corrected chi connectivity index (χ2v) is 4.43. The summed E-state index contributed by atoms with van der Waals surface area (Å²) < 4.78 is 4.53. The molecular formula is C12H13Cl2NO3. The molecular weight excluding hydrogens is 277 g/mol. The smallest absolute Gasteiger partial charge is 0.325 e. The van der Waals surface area contributed by atoms with Gasteiger partial charge in [-0.1, -0.05) is 23.2 Å². The van der Waals surface area contributed by atoms with Gasteiger partial charge in [-0.15, -0.1) is 0 Å². The number of hydrogen-bond acceptors (Lipinski definition) is 3. The van der Waals surface area contributed by atoms with E-state index in [1.54, 1.807) is 6.92 Å². The predicted octanol–water partition coefficient (Wildman–Crippen LogP) is 2.63. The first-order chi connectivity index (χ1) is 8.47.